The second kappa shape index (κ2) is 8.74. The summed E-state index contributed by atoms with van der Waals surface area (Å²) in [5.41, 5.74) is 5.63. The molecule has 7 heteroatoms. The second-order valence-corrected chi connectivity index (χ2v) is 9.53. The third-order valence-corrected chi connectivity index (χ3v) is 6.98. The number of hydrogen-bond donors (Lipinski definition) is 2. The number of carbonyl (C=O) groups excluding carboxylic acids is 1. The van der Waals surface area contributed by atoms with Gasteiger partial charge in [-0.25, -0.2) is 9.97 Å². The van der Waals surface area contributed by atoms with Gasteiger partial charge in [0.05, 0.1) is 21.2 Å². The maximum absolute atomic E-state index is 12.7. The normalized spacial score (nSPS) is 18.6. The van der Waals surface area contributed by atoms with Gasteiger partial charge in [0.25, 0.3) is 5.91 Å². The number of thiazole rings is 1. The number of benzene rings is 2. The van der Waals surface area contributed by atoms with Crippen molar-refractivity contribution in [2.45, 2.75) is 37.8 Å². The Morgan fingerprint density at radius 3 is 2.59 bits per heavy atom. The highest BCUT2D eigenvalue weighted by molar-refractivity contribution is 7.16. The monoisotopic (exact) mass is 445 g/mol. The molecule has 0 radical (unpaired) electrons. The average Bonchev–Trinajstić information content (AvgIpc) is 3.27. The van der Waals surface area contributed by atoms with Crippen molar-refractivity contribution in [1.82, 2.24) is 15.3 Å². The van der Waals surface area contributed by atoms with Crippen LogP contribution in [0.25, 0.3) is 21.1 Å². The van der Waals surface area contributed by atoms with Crippen LogP contribution in [0.4, 0.5) is 11.5 Å². The first-order chi connectivity index (χ1) is 15.6. The molecule has 1 saturated carbocycles. The maximum atomic E-state index is 12.7. The van der Waals surface area contributed by atoms with E-state index >= 15 is 0 Å². The molecule has 1 aliphatic rings. The van der Waals surface area contributed by atoms with E-state index in [9.17, 15) is 4.79 Å². The van der Waals surface area contributed by atoms with E-state index in [1.807, 2.05) is 29.8 Å². The molecule has 6 nitrogen and oxygen atoms in total. The Morgan fingerprint density at radius 1 is 1.00 bits per heavy atom. The Balaban J connectivity index is 1.21. The minimum absolute atomic E-state index is 0.00327. The van der Waals surface area contributed by atoms with Crippen molar-refractivity contribution >= 4 is 49.9 Å². The lowest BCUT2D eigenvalue weighted by Gasteiger charge is -2.30. The number of hydrogen-bond acceptors (Lipinski definition) is 6. The van der Waals surface area contributed by atoms with Crippen LogP contribution in [0.1, 0.15) is 36.0 Å². The number of fused-ring (bicyclic) bond motifs is 2. The summed E-state index contributed by atoms with van der Waals surface area (Å²) < 4.78 is 1.05. The summed E-state index contributed by atoms with van der Waals surface area (Å²) >= 11 is 1.56. The van der Waals surface area contributed by atoms with E-state index < -0.39 is 0 Å². The van der Waals surface area contributed by atoms with Gasteiger partial charge in [-0.1, -0.05) is 18.2 Å². The van der Waals surface area contributed by atoms with Gasteiger partial charge in [-0.05, 0) is 49.9 Å². The van der Waals surface area contributed by atoms with E-state index in [0.29, 0.717) is 11.6 Å². The van der Waals surface area contributed by atoms with Gasteiger partial charge in [-0.3, -0.25) is 4.79 Å². The van der Waals surface area contributed by atoms with Crippen molar-refractivity contribution in [3.05, 3.63) is 59.6 Å². The molecule has 1 fully saturated rings. The molecule has 0 unspecified atom stereocenters. The molecule has 2 N–H and O–H groups in total. The van der Waals surface area contributed by atoms with Crippen LogP contribution >= 0.6 is 11.3 Å². The van der Waals surface area contributed by atoms with Crippen LogP contribution in [0, 0.1) is 0 Å². The van der Waals surface area contributed by atoms with Crippen molar-refractivity contribution in [2.24, 2.45) is 0 Å². The summed E-state index contributed by atoms with van der Waals surface area (Å²) in [7, 11) is 4.12. The van der Waals surface area contributed by atoms with Crippen LogP contribution < -0.4 is 15.5 Å². The van der Waals surface area contributed by atoms with Gasteiger partial charge in [0.2, 0.25) is 0 Å². The Bertz CT molecular complexity index is 1260. The molecule has 2 aromatic heterocycles. The molecular formula is C25H27N5OS. The summed E-state index contributed by atoms with van der Waals surface area (Å²) in [5.74, 6) is 0.918. The Labute approximate surface area is 191 Å². The Morgan fingerprint density at radius 2 is 1.78 bits per heavy atom. The summed E-state index contributed by atoms with van der Waals surface area (Å²) in [6, 6.07) is 16.7. The lowest BCUT2D eigenvalue weighted by Crippen LogP contribution is -2.40. The van der Waals surface area contributed by atoms with Gasteiger partial charge in [0.1, 0.15) is 5.82 Å². The number of aromatic nitrogens is 2. The first kappa shape index (κ1) is 20.7. The maximum Gasteiger partial charge on any atom is 0.251 e. The second-order valence-electron chi connectivity index (χ2n) is 8.64. The number of rotatable bonds is 5. The third kappa shape index (κ3) is 4.25. The van der Waals surface area contributed by atoms with Crippen LogP contribution in [-0.2, 0) is 0 Å². The number of nitrogens with one attached hydrogen (secondary N) is 2. The summed E-state index contributed by atoms with van der Waals surface area (Å²) in [6.45, 7) is 0. The fraction of sp³-hybridized carbons (Fsp3) is 0.320. The van der Waals surface area contributed by atoms with E-state index in [2.05, 4.69) is 58.9 Å². The molecular weight excluding hydrogens is 418 g/mol. The van der Waals surface area contributed by atoms with Gasteiger partial charge < -0.3 is 15.5 Å². The average molecular weight is 446 g/mol. The smallest absolute Gasteiger partial charge is 0.251 e. The highest BCUT2D eigenvalue weighted by Crippen LogP contribution is 2.29. The molecule has 2 heterocycles. The van der Waals surface area contributed by atoms with E-state index in [1.165, 1.54) is 0 Å². The molecule has 1 amide bonds. The largest absolute Gasteiger partial charge is 0.377 e. The molecule has 0 saturated heterocycles. The zero-order chi connectivity index (χ0) is 22.1. The molecule has 1 aliphatic carbocycles. The molecule has 4 aromatic rings. The lowest BCUT2D eigenvalue weighted by molar-refractivity contribution is 0.0926. The van der Waals surface area contributed by atoms with Crippen LogP contribution in [0.15, 0.2) is 54.0 Å². The van der Waals surface area contributed by atoms with Crippen LogP contribution in [0.5, 0.6) is 0 Å². The van der Waals surface area contributed by atoms with Crippen LogP contribution in [0.2, 0.25) is 0 Å². The van der Waals surface area contributed by atoms with E-state index in [1.54, 1.807) is 11.3 Å². The van der Waals surface area contributed by atoms with Crippen molar-refractivity contribution in [3.63, 3.8) is 0 Å². The standard InChI is InChI=1S/C25H27N5OS/c1-30(2)22-14-24(29-20-6-4-3-5-19(20)22)27-17-8-10-18(11-9-17)28-25(31)16-7-12-21-23(13-16)32-15-26-21/h3-7,12-15,17-18H,8-11H2,1-2H3,(H,27,29)(H,28,31)/t17-,18+. The molecule has 5 rings (SSSR count). The van der Waals surface area contributed by atoms with Crippen LogP contribution in [0.3, 0.4) is 0 Å². The number of para-hydroxylation sites is 1. The number of anilines is 2. The number of pyridine rings is 1. The third-order valence-electron chi connectivity index (χ3n) is 6.18. The van der Waals surface area contributed by atoms with Crippen molar-refractivity contribution in [1.29, 1.82) is 0 Å². The van der Waals surface area contributed by atoms with Crippen molar-refractivity contribution in [2.75, 3.05) is 24.3 Å². The SMILES string of the molecule is CN(C)c1cc(N[C@H]2CC[C@@H](NC(=O)c3ccc4ncsc4c3)CC2)nc2ccccc12. The van der Waals surface area contributed by atoms with Gasteiger partial charge >= 0.3 is 0 Å². The van der Waals surface area contributed by atoms with E-state index in [-0.39, 0.29) is 11.9 Å². The Kier molecular flexibility index (Phi) is 5.66. The Hall–Kier alpha value is -3.19. The molecule has 0 aliphatic heterocycles. The van der Waals surface area contributed by atoms with Gasteiger partial charge in [0.15, 0.2) is 0 Å². The topological polar surface area (TPSA) is 70.2 Å². The minimum Gasteiger partial charge on any atom is -0.377 e. The number of nitrogens with zero attached hydrogens (tertiary/aromatic N) is 3. The lowest BCUT2D eigenvalue weighted by atomic mass is 9.91. The van der Waals surface area contributed by atoms with E-state index in [4.69, 9.17) is 4.98 Å². The number of amides is 1. The minimum atomic E-state index is 0.00327. The van der Waals surface area contributed by atoms with Crippen molar-refractivity contribution < 1.29 is 4.79 Å². The van der Waals surface area contributed by atoms with Crippen molar-refractivity contribution in [3.8, 4) is 0 Å². The summed E-state index contributed by atoms with van der Waals surface area (Å²) in [6.07, 6.45) is 3.93. The predicted octanol–water partition coefficient (Wildman–Crippen LogP) is 5.06. The molecule has 164 valence electrons. The van der Waals surface area contributed by atoms with Crippen LogP contribution in [-0.4, -0.2) is 42.1 Å². The highest BCUT2D eigenvalue weighted by atomic mass is 32.1. The fourth-order valence-corrected chi connectivity index (χ4v) is 5.17. The van der Waals surface area contributed by atoms with Gasteiger partial charge in [0, 0.05) is 48.9 Å². The first-order valence-electron chi connectivity index (χ1n) is 11.0. The van der Waals surface area contributed by atoms with Gasteiger partial charge in [-0.15, -0.1) is 11.3 Å². The molecule has 2 aromatic carbocycles. The highest BCUT2D eigenvalue weighted by Gasteiger charge is 2.23. The van der Waals surface area contributed by atoms with E-state index in [0.717, 1.165) is 58.3 Å². The zero-order valence-corrected chi connectivity index (χ0v) is 19.2. The summed E-state index contributed by atoms with van der Waals surface area (Å²) in [4.78, 5) is 24.0. The number of carbonyl (C=O) groups is 1. The molecule has 32 heavy (non-hydrogen) atoms. The zero-order valence-electron chi connectivity index (χ0n) is 18.3. The fourth-order valence-electron chi connectivity index (χ4n) is 4.46. The molecule has 0 bridgehead atoms. The summed E-state index contributed by atoms with van der Waals surface area (Å²) in [5, 5.41) is 8.01. The quantitative estimate of drug-likeness (QED) is 0.449. The predicted molar refractivity (Wildman–Crippen MR) is 133 cm³/mol. The van der Waals surface area contributed by atoms with Gasteiger partial charge in [-0.2, -0.15) is 0 Å². The molecule has 0 spiro atoms. The molecule has 0 atom stereocenters. The first-order valence-corrected chi connectivity index (χ1v) is 11.9.